The molecule has 17 heavy (non-hydrogen) atoms. The van der Waals surface area contributed by atoms with Gasteiger partial charge in [-0.3, -0.25) is 9.80 Å². The van der Waals surface area contributed by atoms with Crippen LogP contribution in [0.5, 0.6) is 0 Å². The lowest BCUT2D eigenvalue weighted by Crippen LogP contribution is -2.63. The van der Waals surface area contributed by atoms with Crippen molar-refractivity contribution in [2.45, 2.75) is 44.9 Å². The van der Waals surface area contributed by atoms with Crippen molar-refractivity contribution in [2.24, 2.45) is 5.73 Å². The minimum absolute atomic E-state index is 0.100. The number of nitrogens with two attached hydrogens (primary N) is 1. The van der Waals surface area contributed by atoms with Crippen molar-refractivity contribution in [3.63, 3.8) is 0 Å². The van der Waals surface area contributed by atoms with Crippen LogP contribution in [0.1, 0.15) is 27.2 Å². The predicted octanol–water partition coefficient (Wildman–Crippen LogP) is 0.519. The van der Waals surface area contributed by atoms with Gasteiger partial charge in [-0.2, -0.15) is 0 Å². The fourth-order valence-electron chi connectivity index (χ4n) is 3.27. The molecule has 0 bridgehead atoms. The van der Waals surface area contributed by atoms with Gasteiger partial charge in [0.05, 0.1) is 11.6 Å². The zero-order chi connectivity index (χ0) is 12.5. The van der Waals surface area contributed by atoms with E-state index in [-0.39, 0.29) is 11.6 Å². The van der Waals surface area contributed by atoms with Crippen LogP contribution in [0.2, 0.25) is 0 Å². The van der Waals surface area contributed by atoms with E-state index in [0.717, 1.165) is 45.8 Å². The summed E-state index contributed by atoms with van der Waals surface area (Å²) in [6, 6.07) is 0.656. The molecule has 2 N–H and O–H groups in total. The lowest BCUT2D eigenvalue weighted by atomic mass is 9.89. The molecule has 2 saturated heterocycles. The lowest BCUT2D eigenvalue weighted by molar-refractivity contribution is -0.0166. The fourth-order valence-corrected chi connectivity index (χ4v) is 3.27. The first-order valence-corrected chi connectivity index (χ1v) is 6.91. The second-order valence-corrected chi connectivity index (χ2v) is 5.69. The highest BCUT2D eigenvalue weighted by atomic mass is 16.5. The molecular formula is C13H27N3O. The van der Waals surface area contributed by atoms with Crippen molar-refractivity contribution in [1.82, 2.24) is 9.80 Å². The van der Waals surface area contributed by atoms with Crippen LogP contribution in [0.25, 0.3) is 0 Å². The van der Waals surface area contributed by atoms with Gasteiger partial charge in [0.2, 0.25) is 0 Å². The van der Waals surface area contributed by atoms with Gasteiger partial charge in [0.25, 0.3) is 0 Å². The molecule has 100 valence electrons. The molecule has 0 saturated carbocycles. The number of hydrogen-bond donors (Lipinski definition) is 1. The van der Waals surface area contributed by atoms with E-state index in [4.69, 9.17) is 10.5 Å². The summed E-state index contributed by atoms with van der Waals surface area (Å²) < 4.78 is 5.75. The van der Waals surface area contributed by atoms with Crippen LogP contribution in [-0.2, 0) is 4.74 Å². The van der Waals surface area contributed by atoms with Gasteiger partial charge in [-0.05, 0) is 27.2 Å². The van der Waals surface area contributed by atoms with Gasteiger partial charge in [0.1, 0.15) is 0 Å². The summed E-state index contributed by atoms with van der Waals surface area (Å²) in [7, 11) is 0. The molecule has 0 aromatic heterocycles. The molecule has 2 rings (SSSR count). The van der Waals surface area contributed by atoms with E-state index >= 15 is 0 Å². The fraction of sp³-hybridized carbons (Fsp3) is 1.00. The van der Waals surface area contributed by atoms with Gasteiger partial charge in [-0.1, -0.05) is 0 Å². The Morgan fingerprint density at radius 3 is 2.35 bits per heavy atom. The summed E-state index contributed by atoms with van der Waals surface area (Å²) in [6.45, 7) is 12.9. The van der Waals surface area contributed by atoms with Gasteiger partial charge in [-0.15, -0.1) is 0 Å². The van der Waals surface area contributed by atoms with Gasteiger partial charge >= 0.3 is 0 Å². The number of rotatable bonds is 3. The molecule has 2 atom stereocenters. The normalized spacial score (nSPS) is 36.9. The van der Waals surface area contributed by atoms with Crippen molar-refractivity contribution in [2.75, 3.05) is 39.3 Å². The molecule has 4 nitrogen and oxygen atoms in total. The summed E-state index contributed by atoms with van der Waals surface area (Å²) in [5.41, 5.74) is 6.15. The van der Waals surface area contributed by atoms with E-state index in [1.54, 1.807) is 0 Å². The van der Waals surface area contributed by atoms with Crippen molar-refractivity contribution < 1.29 is 4.74 Å². The number of nitrogens with zero attached hydrogens (tertiary/aromatic N) is 2. The summed E-state index contributed by atoms with van der Waals surface area (Å²) in [5.74, 6) is 0. The highest BCUT2D eigenvalue weighted by Gasteiger charge is 2.45. The minimum Gasteiger partial charge on any atom is -0.376 e. The predicted molar refractivity (Wildman–Crippen MR) is 70.1 cm³/mol. The maximum absolute atomic E-state index is 6.05. The number of piperazine rings is 1. The second kappa shape index (κ2) is 5.22. The second-order valence-electron chi connectivity index (χ2n) is 5.69. The zero-order valence-electron chi connectivity index (χ0n) is 11.5. The largest absolute Gasteiger partial charge is 0.376 e. The first kappa shape index (κ1) is 13.3. The maximum Gasteiger partial charge on any atom is 0.0743 e. The van der Waals surface area contributed by atoms with E-state index in [1.165, 1.54) is 0 Å². The molecule has 0 radical (unpaired) electrons. The summed E-state index contributed by atoms with van der Waals surface area (Å²) in [5, 5.41) is 0. The topological polar surface area (TPSA) is 41.7 Å². The SMILES string of the molecule is CC(C)N1CCN(C2(CN)CCOC2C)CC1. The summed E-state index contributed by atoms with van der Waals surface area (Å²) >= 11 is 0. The molecule has 2 heterocycles. The quantitative estimate of drug-likeness (QED) is 0.782. The Kier molecular flexibility index (Phi) is 4.08. The lowest BCUT2D eigenvalue weighted by Gasteiger charge is -2.47. The van der Waals surface area contributed by atoms with Crippen LogP contribution in [0, 0.1) is 0 Å². The minimum atomic E-state index is 0.100. The van der Waals surface area contributed by atoms with E-state index in [9.17, 15) is 0 Å². The Balaban J connectivity index is 1.99. The Morgan fingerprint density at radius 2 is 1.94 bits per heavy atom. The van der Waals surface area contributed by atoms with E-state index in [2.05, 4.69) is 30.6 Å². The Hall–Kier alpha value is -0.160. The van der Waals surface area contributed by atoms with E-state index in [1.807, 2.05) is 0 Å². The van der Waals surface area contributed by atoms with Crippen molar-refractivity contribution in [3.8, 4) is 0 Å². The summed E-state index contributed by atoms with van der Waals surface area (Å²) in [4.78, 5) is 5.12. The average molecular weight is 241 g/mol. The van der Waals surface area contributed by atoms with Crippen LogP contribution in [0.4, 0.5) is 0 Å². The van der Waals surface area contributed by atoms with Crippen molar-refractivity contribution >= 4 is 0 Å². The molecular weight excluding hydrogens is 214 g/mol. The van der Waals surface area contributed by atoms with Gasteiger partial charge in [0.15, 0.2) is 0 Å². The molecule has 0 aromatic carbocycles. The first-order chi connectivity index (χ1) is 8.10. The van der Waals surface area contributed by atoms with E-state index < -0.39 is 0 Å². The van der Waals surface area contributed by atoms with Crippen LogP contribution >= 0.6 is 0 Å². The number of ether oxygens (including phenoxy) is 1. The van der Waals surface area contributed by atoms with Gasteiger partial charge in [0, 0.05) is 45.4 Å². The standard InChI is InChI=1S/C13H27N3O/c1-11(2)15-5-7-16(8-6-15)13(10-14)4-9-17-12(13)3/h11-12H,4-10,14H2,1-3H3. The third-order valence-corrected chi connectivity index (χ3v) is 4.69. The molecule has 0 spiro atoms. The van der Waals surface area contributed by atoms with Crippen LogP contribution in [0.15, 0.2) is 0 Å². The summed E-state index contributed by atoms with van der Waals surface area (Å²) in [6.07, 6.45) is 1.37. The third-order valence-electron chi connectivity index (χ3n) is 4.69. The molecule has 0 amide bonds. The molecule has 2 aliphatic heterocycles. The number of hydrogen-bond acceptors (Lipinski definition) is 4. The van der Waals surface area contributed by atoms with Crippen LogP contribution in [-0.4, -0.2) is 66.8 Å². The highest BCUT2D eigenvalue weighted by Crippen LogP contribution is 2.32. The molecule has 0 aliphatic carbocycles. The average Bonchev–Trinajstić information content (AvgIpc) is 2.71. The Labute approximate surface area is 105 Å². The molecule has 2 aliphatic rings. The highest BCUT2D eigenvalue weighted by molar-refractivity contribution is 5.01. The van der Waals surface area contributed by atoms with Crippen LogP contribution in [0.3, 0.4) is 0 Å². The Bertz CT molecular complexity index is 251. The smallest absolute Gasteiger partial charge is 0.0743 e. The monoisotopic (exact) mass is 241 g/mol. The Morgan fingerprint density at radius 1 is 1.29 bits per heavy atom. The molecule has 4 heteroatoms. The van der Waals surface area contributed by atoms with E-state index in [0.29, 0.717) is 6.04 Å². The zero-order valence-corrected chi connectivity index (χ0v) is 11.5. The third kappa shape index (κ3) is 2.36. The first-order valence-electron chi connectivity index (χ1n) is 6.91. The van der Waals surface area contributed by atoms with Crippen molar-refractivity contribution in [3.05, 3.63) is 0 Å². The van der Waals surface area contributed by atoms with Crippen molar-refractivity contribution in [1.29, 1.82) is 0 Å². The van der Waals surface area contributed by atoms with Gasteiger partial charge in [-0.25, -0.2) is 0 Å². The van der Waals surface area contributed by atoms with Crippen LogP contribution < -0.4 is 5.73 Å². The molecule has 2 unspecified atom stereocenters. The molecule has 0 aromatic rings. The maximum atomic E-state index is 6.05. The molecule has 2 fully saturated rings. The van der Waals surface area contributed by atoms with Gasteiger partial charge < -0.3 is 10.5 Å².